The van der Waals surface area contributed by atoms with E-state index in [1.54, 1.807) is 26.0 Å². The molecule has 0 bridgehead atoms. The second-order valence-corrected chi connectivity index (χ2v) is 3.74. The number of carboxylic acids is 1. The van der Waals surface area contributed by atoms with Gasteiger partial charge in [-0.2, -0.15) is 0 Å². The molecule has 0 aliphatic heterocycles. The zero-order valence-corrected chi connectivity index (χ0v) is 9.27. The van der Waals surface area contributed by atoms with Crippen LogP contribution in [0.1, 0.15) is 24.2 Å². The van der Waals surface area contributed by atoms with E-state index >= 15 is 0 Å². The fraction of sp³-hybridized carbons (Fsp3) is 0.333. The number of carbonyl (C=O) groups excluding carboxylic acids is 1. The van der Waals surface area contributed by atoms with Gasteiger partial charge in [0.05, 0.1) is 5.56 Å². The Morgan fingerprint density at radius 3 is 2.62 bits per heavy atom. The first-order chi connectivity index (χ1) is 7.50. The fourth-order valence-corrected chi connectivity index (χ4v) is 1.04. The third-order valence-corrected chi connectivity index (χ3v) is 2.11. The SMILES string of the molecule is CC(C)C(=O)COc1cccc(C(=O)O)c1. The molecule has 1 aromatic rings. The standard InChI is InChI=1S/C12H14O4/c1-8(2)11(13)7-16-10-5-3-4-9(6-10)12(14)15/h3-6,8H,7H2,1-2H3,(H,14,15). The Kier molecular flexibility index (Phi) is 4.05. The van der Waals surface area contributed by atoms with Gasteiger partial charge in [0, 0.05) is 5.92 Å². The van der Waals surface area contributed by atoms with Crippen LogP contribution in [0.5, 0.6) is 5.75 Å². The van der Waals surface area contributed by atoms with Crippen molar-refractivity contribution in [3.05, 3.63) is 29.8 Å². The molecule has 0 aliphatic rings. The summed E-state index contributed by atoms with van der Waals surface area (Å²) >= 11 is 0. The van der Waals surface area contributed by atoms with Crippen molar-refractivity contribution in [3.8, 4) is 5.75 Å². The van der Waals surface area contributed by atoms with Crippen LogP contribution in [-0.2, 0) is 4.79 Å². The van der Waals surface area contributed by atoms with Gasteiger partial charge < -0.3 is 9.84 Å². The van der Waals surface area contributed by atoms with Crippen LogP contribution >= 0.6 is 0 Å². The number of hydrogen-bond acceptors (Lipinski definition) is 3. The zero-order chi connectivity index (χ0) is 12.1. The summed E-state index contributed by atoms with van der Waals surface area (Å²) < 4.78 is 5.21. The lowest BCUT2D eigenvalue weighted by Crippen LogP contribution is -2.16. The van der Waals surface area contributed by atoms with E-state index in [0.29, 0.717) is 5.75 Å². The molecule has 0 heterocycles. The number of rotatable bonds is 5. The van der Waals surface area contributed by atoms with Crippen LogP contribution in [0, 0.1) is 5.92 Å². The van der Waals surface area contributed by atoms with E-state index in [1.165, 1.54) is 12.1 Å². The zero-order valence-electron chi connectivity index (χ0n) is 9.27. The molecule has 0 aliphatic carbocycles. The van der Waals surface area contributed by atoms with Crippen LogP contribution < -0.4 is 4.74 Å². The number of Topliss-reactive ketones (excluding diaryl/α,β-unsaturated/α-hetero) is 1. The fourth-order valence-electron chi connectivity index (χ4n) is 1.04. The van der Waals surface area contributed by atoms with Crippen molar-refractivity contribution in [2.45, 2.75) is 13.8 Å². The third-order valence-electron chi connectivity index (χ3n) is 2.11. The molecule has 0 unspecified atom stereocenters. The minimum absolute atomic E-state index is 0.0132. The lowest BCUT2D eigenvalue weighted by molar-refractivity contribution is -0.123. The molecule has 0 saturated carbocycles. The smallest absolute Gasteiger partial charge is 0.335 e. The number of benzene rings is 1. The van der Waals surface area contributed by atoms with Crippen LogP contribution in [0.2, 0.25) is 0 Å². The molecular formula is C12H14O4. The first-order valence-corrected chi connectivity index (χ1v) is 4.99. The lowest BCUT2D eigenvalue weighted by Gasteiger charge is -2.07. The highest BCUT2D eigenvalue weighted by Crippen LogP contribution is 2.13. The van der Waals surface area contributed by atoms with Crippen molar-refractivity contribution in [1.29, 1.82) is 0 Å². The van der Waals surface area contributed by atoms with Crippen LogP contribution in [0.3, 0.4) is 0 Å². The normalized spacial score (nSPS) is 10.2. The summed E-state index contributed by atoms with van der Waals surface area (Å²) in [5.74, 6) is -0.710. The van der Waals surface area contributed by atoms with Crippen LogP contribution in [0.15, 0.2) is 24.3 Å². The molecule has 1 N–H and O–H groups in total. The monoisotopic (exact) mass is 222 g/mol. The maximum atomic E-state index is 11.3. The second-order valence-electron chi connectivity index (χ2n) is 3.74. The van der Waals surface area contributed by atoms with E-state index in [9.17, 15) is 9.59 Å². The molecule has 1 aromatic carbocycles. The van der Waals surface area contributed by atoms with Crippen molar-refractivity contribution in [2.75, 3.05) is 6.61 Å². The van der Waals surface area contributed by atoms with Gasteiger partial charge in [0.15, 0.2) is 5.78 Å². The van der Waals surface area contributed by atoms with Crippen LogP contribution in [0.4, 0.5) is 0 Å². The van der Waals surface area contributed by atoms with Gasteiger partial charge in [-0.05, 0) is 18.2 Å². The summed E-state index contributed by atoms with van der Waals surface area (Å²) in [5, 5.41) is 8.75. The Labute approximate surface area is 93.9 Å². The largest absolute Gasteiger partial charge is 0.486 e. The van der Waals surface area contributed by atoms with Crippen molar-refractivity contribution in [1.82, 2.24) is 0 Å². The molecule has 0 atom stereocenters. The van der Waals surface area contributed by atoms with Crippen molar-refractivity contribution in [2.24, 2.45) is 5.92 Å². The summed E-state index contributed by atoms with van der Waals surface area (Å²) in [6.45, 7) is 3.56. The molecule has 0 amide bonds. The average Bonchev–Trinajstić information content (AvgIpc) is 2.26. The average molecular weight is 222 g/mol. The molecule has 86 valence electrons. The highest BCUT2D eigenvalue weighted by atomic mass is 16.5. The molecule has 1 rings (SSSR count). The maximum Gasteiger partial charge on any atom is 0.335 e. The highest BCUT2D eigenvalue weighted by molar-refractivity contribution is 5.88. The van der Waals surface area contributed by atoms with Crippen molar-refractivity contribution in [3.63, 3.8) is 0 Å². The lowest BCUT2D eigenvalue weighted by atomic mass is 10.1. The summed E-state index contributed by atoms with van der Waals surface area (Å²) in [5.41, 5.74) is 0.148. The summed E-state index contributed by atoms with van der Waals surface area (Å²) in [7, 11) is 0. The van der Waals surface area contributed by atoms with Gasteiger partial charge in [-0.3, -0.25) is 4.79 Å². The van der Waals surface area contributed by atoms with Gasteiger partial charge >= 0.3 is 5.97 Å². The second kappa shape index (κ2) is 5.30. The van der Waals surface area contributed by atoms with E-state index in [2.05, 4.69) is 0 Å². The molecular weight excluding hydrogens is 208 g/mol. The number of carboxylic acid groups (broad SMARTS) is 1. The number of hydrogen-bond donors (Lipinski definition) is 1. The topological polar surface area (TPSA) is 63.6 Å². The first kappa shape index (κ1) is 12.2. The van der Waals surface area contributed by atoms with Gasteiger partial charge in [-0.1, -0.05) is 19.9 Å². The van der Waals surface area contributed by atoms with Crippen LogP contribution in [0.25, 0.3) is 0 Å². The van der Waals surface area contributed by atoms with Gasteiger partial charge in [-0.25, -0.2) is 4.79 Å². The molecule has 0 fully saturated rings. The Hall–Kier alpha value is -1.84. The summed E-state index contributed by atoms with van der Waals surface area (Å²) in [6.07, 6.45) is 0. The molecule has 0 aromatic heterocycles. The summed E-state index contributed by atoms with van der Waals surface area (Å²) in [4.78, 5) is 22.0. The van der Waals surface area contributed by atoms with E-state index in [1.807, 2.05) is 0 Å². The van der Waals surface area contributed by atoms with Crippen molar-refractivity contribution >= 4 is 11.8 Å². The van der Waals surface area contributed by atoms with E-state index in [0.717, 1.165) is 0 Å². The number of carbonyl (C=O) groups is 2. The Morgan fingerprint density at radius 2 is 2.06 bits per heavy atom. The van der Waals surface area contributed by atoms with Gasteiger partial charge in [0.2, 0.25) is 0 Å². The molecule has 0 radical (unpaired) electrons. The van der Waals surface area contributed by atoms with Crippen LogP contribution in [-0.4, -0.2) is 23.5 Å². The molecule has 0 saturated heterocycles. The number of ether oxygens (including phenoxy) is 1. The molecule has 4 heteroatoms. The third kappa shape index (κ3) is 3.38. The maximum absolute atomic E-state index is 11.3. The van der Waals surface area contributed by atoms with Gasteiger partial charge in [0.1, 0.15) is 12.4 Å². The van der Waals surface area contributed by atoms with E-state index in [-0.39, 0.29) is 23.9 Å². The summed E-state index contributed by atoms with van der Waals surface area (Å²) in [6, 6.07) is 6.08. The minimum atomic E-state index is -1.01. The Bertz CT molecular complexity index is 396. The Morgan fingerprint density at radius 1 is 1.38 bits per heavy atom. The minimum Gasteiger partial charge on any atom is -0.486 e. The first-order valence-electron chi connectivity index (χ1n) is 4.99. The van der Waals surface area contributed by atoms with E-state index < -0.39 is 5.97 Å². The number of aromatic carboxylic acids is 1. The van der Waals surface area contributed by atoms with Gasteiger partial charge in [0.25, 0.3) is 0 Å². The molecule has 16 heavy (non-hydrogen) atoms. The van der Waals surface area contributed by atoms with Crippen molar-refractivity contribution < 1.29 is 19.4 Å². The molecule has 0 spiro atoms. The predicted octanol–water partition coefficient (Wildman–Crippen LogP) is 1.99. The van der Waals surface area contributed by atoms with Gasteiger partial charge in [-0.15, -0.1) is 0 Å². The number of ketones is 1. The quantitative estimate of drug-likeness (QED) is 0.827. The molecule has 4 nitrogen and oxygen atoms in total. The predicted molar refractivity (Wildman–Crippen MR) is 58.7 cm³/mol. The Balaban J connectivity index is 2.64. The van der Waals surface area contributed by atoms with E-state index in [4.69, 9.17) is 9.84 Å². The highest BCUT2D eigenvalue weighted by Gasteiger charge is 2.09.